The summed E-state index contributed by atoms with van der Waals surface area (Å²) in [5.74, 6) is 0. The zero-order valence-electron chi connectivity index (χ0n) is 6.55. The number of hydrogen-bond acceptors (Lipinski definition) is 1. The first-order valence-corrected chi connectivity index (χ1v) is 3.62. The van der Waals surface area contributed by atoms with Crippen LogP contribution >= 0.6 is 0 Å². The van der Waals surface area contributed by atoms with E-state index < -0.39 is 12.7 Å². The predicted octanol–water partition coefficient (Wildman–Crippen LogP) is 1.96. The first kappa shape index (κ1) is 8.21. The highest BCUT2D eigenvalue weighted by molar-refractivity contribution is 5.28. The summed E-state index contributed by atoms with van der Waals surface area (Å²) in [6.07, 6.45) is 0. The molecule has 0 spiro atoms. The molecule has 2 heteroatoms. The third-order valence-corrected chi connectivity index (χ3v) is 1.75. The van der Waals surface area contributed by atoms with Gasteiger partial charge in [-0.1, -0.05) is 24.3 Å². The fourth-order valence-electron chi connectivity index (χ4n) is 1.09. The molecule has 0 aliphatic carbocycles. The van der Waals surface area contributed by atoms with Gasteiger partial charge in [-0.05, 0) is 18.1 Å². The van der Waals surface area contributed by atoms with Crippen LogP contribution in [0.15, 0.2) is 24.3 Å². The van der Waals surface area contributed by atoms with E-state index >= 15 is 0 Å². The lowest BCUT2D eigenvalue weighted by Gasteiger charge is -2.09. The van der Waals surface area contributed by atoms with Gasteiger partial charge in [0.15, 0.2) is 0 Å². The van der Waals surface area contributed by atoms with E-state index in [4.69, 9.17) is 5.73 Å². The van der Waals surface area contributed by atoms with Gasteiger partial charge in [-0.2, -0.15) is 0 Å². The maximum absolute atomic E-state index is 12.1. The Morgan fingerprint density at radius 3 is 2.64 bits per heavy atom. The van der Waals surface area contributed by atoms with Gasteiger partial charge in [0.1, 0.15) is 6.67 Å². The van der Waals surface area contributed by atoms with E-state index in [0.29, 0.717) is 0 Å². The molecule has 0 radical (unpaired) electrons. The second kappa shape index (κ2) is 3.49. The van der Waals surface area contributed by atoms with Gasteiger partial charge in [0.25, 0.3) is 0 Å². The molecule has 60 valence electrons. The Bertz CT molecular complexity index is 235. The first-order chi connectivity index (χ1) is 5.25. The van der Waals surface area contributed by atoms with Crippen LogP contribution in [0.2, 0.25) is 0 Å². The Morgan fingerprint density at radius 1 is 1.45 bits per heavy atom. The smallest absolute Gasteiger partial charge is 0.109 e. The van der Waals surface area contributed by atoms with Crippen molar-refractivity contribution in [2.45, 2.75) is 13.0 Å². The minimum absolute atomic E-state index is 0.462. The van der Waals surface area contributed by atoms with Crippen molar-refractivity contribution < 1.29 is 4.39 Å². The molecule has 0 aromatic heterocycles. The summed E-state index contributed by atoms with van der Waals surface area (Å²) in [6.45, 7) is 1.44. The standard InChI is InChI=1S/C9H12FN/c1-7-4-2-3-5-8(7)9(11)6-10/h2-5,9H,6,11H2,1H3/t9-/m1/s1. The highest BCUT2D eigenvalue weighted by Gasteiger charge is 2.06. The Balaban J connectivity index is 2.93. The predicted molar refractivity (Wildman–Crippen MR) is 44.1 cm³/mol. The molecule has 0 saturated carbocycles. The lowest BCUT2D eigenvalue weighted by atomic mass is 10.0. The zero-order chi connectivity index (χ0) is 8.27. The molecule has 1 rings (SSSR count). The molecule has 2 N–H and O–H groups in total. The van der Waals surface area contributed by atoms with Crippen molar-refractivity contribution in [2.24, 2.45) is 5.73 Å². The van der Waals surface area contributed by atoms with Crippen molar-refractivity contribution in [3.63, 3.8) is 0 Å². The summed E-state index contributed by atoms with van der Waals surface area (Å²) in [6, 6.07) is 7.13. The molecule has 1 nitrogen and oxygen atoms in total. The number of benzene rings is 1. The number of nitrogens with two attached hydrogens (primary N) is 1. The molecule has 0 bridgehead atoms. The van der Waals surface area contributed by atoms with Gasteiger partial charge in [0.05, 0.1) is 6.04 Å². The largest absolute Gasteiger partial charge is 0.322 e. The van der Waals surface area contributed by atoms with E-state index in [1.54, 1.807) is 0 Å². The summed E-state index contributed by atoms with van der Waals surface area (Å²) < 4.78 is 12.1. The summed E-state index contributed by atoms with van der Waals surface area (Å²) in [7, 11) is 0. The topological polar surface area (TPSA) is 26.0 Å². The summed E-state index contributed by atoms with van der Waals surface area (Å²) >= 11 is 0. The molecule has 1 aromatic carbocycles. The van der Waals surface area contributed by atoms with E-state index in [1.807, 2.05) is 31.2 Å². The van der Waals surface area contributed by atoms with Gasteiger partial charge in [0.2, 0.25) is 0 Å². The van der Waals surface area contributed by atoms with Gasteiger partial charge in [-0.25, -0.2) is 4.39 Å². The Hall–Kier alpha value is -0.890. The van der Waals surface area contributed by atoms with Crippen molar-refractivity contribution >= 4 is 0 Å². The molecular formula is C9H12FN. The number of hydrogen-bond donors (Lipinski definition) is 1. The highest BCUT2D eigenvalue weighted by atomic mass is 19.1. The van der Waals surface area contributed by atoms with E-state index in [0.717, 1.165) is 11.1 Å². The SMILES string of the molecule is Cc1ccccc1[C@H](N)CF. The minimum Gasteiger partial charge on any atom is -0.322 e. The molecule has 1 aromatic rings. The van der Waals surface area contributed by atoms with Gasteiger partial charge < -0.3 is 5.73 Å². The van der Waals surface area contributed by atoms with Gasteiger partial charge in [0, 0.05) is 0 Å². The van der Waals surface area contributed by atoms with Crippen LogP contribution in [-0.2, 0) is 0 Å². The lowest BCUT2D eigenvalue weighted by molar-refractivity contribution is 0.436. The third kappa shape index (κ3) is 1.77. The third-order valence-electron chi connectivity index (χ3n) is 1.75. The molecule has 0 amide bonds. The van der Waals surface area contributed by atoms with Crippen LogP contribution in [0.4, 0.5) is 4.39 Å². The molecular weight excluding hydrogens is 141 g/mol. The number of alkyl halides is 1. The van der Waals surface area contributed by atoms with Gasteiger partial charge >= 0.3 is 0 Å². The number of halogens is 1. The minimum atomic E-state index is -0.495. The van der Waals surface area contributed by atoms with Crippen molar-refractivity contribution in [3.8, 4) is 0 Å². The Kier molecular flexibility index (Phi) is 2.60. The van der Waals surface area contributed by atoms with Crippen LogP contribution in [0.3, 0.4) is 0 Å². The average Bonchev–Trinajstić information content (AvgIpc) is 2.04. The first-order valence-electron chi connectivity index (χ1n) is 3.62. The maximum atomic E-state index is 12.1. The quantitative estimate of drug-likeness (QED) is 0.690. The van der Waals surface area contributed by atoms with Crippen molar-refractivity contribution in [3.05, 3.63) is 35.4 Å². The van der Waals surface area contributed by atoms with Crippen LogP contribution in [0.5, 0.6) is 0 Å². The maximum Gasteiger partial charge on any atom is 0.109 e. The molecule has 0 fully saturated rings. The highest BCUT2D eigenvalue weighted by Crippen LogP contribution is 2.14. The fourth-order valence-corrected chi connectivity index (χ4v) is 1.09. The molecule has 0 saturated heterocycles. The van der Waals surface area contributed by atoms with Crippen LogP contribution in [0.25, 0.3) is 0 Å². The van der Waals surface area contributed by atoms with Crippen molar-refractivity contribution in [1.29, 1.82) is 0 Å². The second-order valence-corrected chi connectivity index (χ2v) is 2.62. The van der Waals surface area contributed by atoms with E-state index in [-0.39, 0.29) is 0 Å². The van der Waals surface area contributed by atoms with Crippen molar-refractivity contribution in [1.82, 2.24) is 0 Å². The summed E-state index contributed by atoms with van der Waals surface area (Å²) in [4.78, 5) is 0. The molecule has 1 atom stereocenters. The van der Waals surface area contributed by atoms with Gasteiger partial charge in [-0.15, -0.1) is 0 Å². The Labute approximate surface area is 66.0 Å². The molecule has 0 unspecified atom stereocenters. The zero-order valence-corrected chi connectivity index (χ0v) is 6.55. The monoisotopic (exact) mass is 153 g/mol. The van der Waals surface area contributed by atoms with E-state index in [9.17, 15) is 4.39 Å². The number of aryl methyl sites for hydroxylation is 1. The van der Waals surface area contributed by atoms with E-state index in [2.05, 4.69) is 0 Å². The summed E-state index contributed by atoms with van der Waals surface area (Å²) in [5.41, 5.74) is 7.47. The molecule has 0 aliphatic rings. The molecule has 0 aliphatic heterocycles. The molecule has 11 heavy (non-hydrogen) atoms. The van der Waals surface area contributed by atoms with Crippen LogP contribution in [-0.4, -0.2) is 6.67 Å². The fraction of sp³-hybridized carbons (Fsp3) is 0.333. The van der Waals surface area contributed by atoms with Crippen LogP contribution in [0.1, 0.15) is 17.2 Å². The van der Waals surface area contributed by atoms with Crippen LogP contribution < -0.4 is 5.73 Å². The lowest BCUT2D eigenvalue weighted by Crippen LogP contribution is -2.13. The van der Waals surface area contributed by atoms with Gasteiger partial charge in [-0.3, -0.25) is 0 Å². The second-order valence-electron chi connectivity index (χ2n) is 2.62. The molecule has 0 heterocycles. The normalized spacial score (nSPS) is 13.0. The Morgan fingerprint density at radius 2 is 2.09 bits per heavy atom. The van der Waals surface area contributed by atoms with Crippen LogP contribution in [0, 0.1) is 6.92 Å². The number of rotatable bonds is 2. The average molecular weight is 153 g/mol. The van der Waals surface area contributed by atoms with Crippen molar-refractivity contribution in [2.75, 3.05) is 6.67 Å². The van der Waals surface area contributed by atoms with E-state index in [1.165, 1.54) is 0 Å². The summed E-state index contributed by atoms with van der Waals surface area (Å²) in [5, 5.41) is 0.